The number of benzene rings is 2. The standard InChI is InChI=1S/C34H50O8Si/c1-33(2,3)43(28-19-11-9-12-20-28,29-21-13-10-14-22-29)42-27-34(31(35)37-4,32(36)38-5)41-26-17-8-6-7-16-24-39-30-23-15-18-25-40-30/h9-14,19-22,30H,6-8,15-18,23-27H2,1-5H3. The molecule has 0 aliphatic carbocycles. The van der Waals surface area contributed by atoms with Gasteiger partial charge in [-0.05, 0) is 47.5 Å². The van der Waals surface area contributed by atoms with Crippen molar-refractivity contribution in [2.75, 3.05) is 40.6 Å². The normalized spacial score (nSPS) is 16.1. The molecule has 0 spiro atoms. The molecule has 0 aromatic heterocycles. The topological polar surface area (TPSA) is 89.5 Å². The smallest absolute Gasteiger partial charge is 0.352 e. The quantitative estimate of drug-likeness (QED) is 0.105. The fourth-order valence-electron chi connectivity index (χ4n) is 5.70. The van der Waals surface area contributed by atoms with Crippen molar-refractivity contribution in [3.05, 3.63) is 60.7 Å². The molecule has 1 unspecified atom stereocenters. The Morgan fingerprint density at radius 2 is 1.33 bits per heavy atom. The van der Waals surface area contributed by atoms with E-state index in [2.05, 4.69) is 45.0 Å². The lowest BCUT2D eigenvalue weighted by atomic mass is 10.1. The molecule has 1 atom stereocenters. The van der Waals surface area contributed by atoms with Crippen molar-refractivity contribution >= 4 is 30.6 Å². The molecule has 0 radical (unpaired) electrons. The number of methoxy groups -OCH3 is 2. The Balaban J connectivity index is 1.71. The number of carbonyl (C=O) groups excluding carboxylic acids is 2. The lowest BCUT2D eigenvalue weighted by Crippen LogP contribution is -2.69. The van der Waals surface area contributed by atoms with Crippen LogP contribution in [0.4, 0.5) is 0 Å². The third-order valence-corrected chi connectivity index (χ3v) is 13.0. The van der Waals surface area contributed by atoms with Gasteiger partial charge in [0.2, 0.25) is 0 Å². The largest absolute Gasteiger partial charge is 0.466 e. The van der Waals surface area contributed by atoms with Crippen LogP contribution in [-0.2, 0) is 37.7 Å². The zero-order chi connectivity index (χ0) is 31.2. The van der Waals surface area contributed by atoms with E-state index < -0.39 is 25.9 Å². The fourth-order valence-corrected chi connectivity index (χ4v) is 10.3. The van der Waals surface area contributed by atoms with Gasteiger partial charge in [-0.1, -0.05) is 101 Å². The fraction of sp³-hybridized carbons (Fsp3) is 0.588. The highest BCUT2D eigenvalue weighted by atomic mass is 28.4. The Bertz CT molecular complexity index is 1040. The van der Waals surface area contributed by atoms with E-state index in [-0.39, 0.29) is 24.5 Å². The summed E-state index contributed by atoms with van der Waals surface area (Å²) >= 11 is 0. The van der Waals surface area contributed by atoms with E-state index in [4.69, 9.17) is 28.1 Å². The molecule has 0 bridgehead atoms. The molecule has 3 rings (SSSR count). The number of carbonyl (C=O) groups is 2. The van der Waals surface area contributed by atoms with Crippen LogP contribution < -0.4 is 10.4 Å². The summed E-state index contributed by atoms with van der Waals surface area (Å²) in [6, 6.07) is 20.1. The van der Waals surface area contributed by atoms with Crippen molar-refractivity contribution in [1.29, 1.82) is 0 Å². The molecule has 1 fully saturated rings. The Labute approximate surface area is 258 Å². The predicted molar refractivity (Wildman–Crippen MR) is 169 cm³/mol. The van der Waals surface area contributed by atoms with Crippen LogP contribution in [0.25, 0.3) is 0 Å². The Kier molecular flexibility index (Phi) is 13.9. The monoisotopic (exact) mass is 614 g/mol. The number of hydrogen-bond donors (Lipinski definition) is 0. The average molecular weight is 615 g/mol. The van der Waals surface area contributed by atoms with Gasteiger partial charge in [-0.25, -0.2) is 9.59 Å². The van der Waals surface area contributed by atoms with E-state index in [1.807, 2.05) is 36.4 Å². The second-order valence-electron chi connectivity index (χ2n) is 12.0. The van der Waals surface area contributed by atoms with E-state index in [1.165, 1.54) is 14.2 Å². The van der Waals surface area contributed by atoms with Gasteiger partial charge in [0, 0.05) is 19.8 Å². The van der Waals surface area contributed by atoms with Crippen molar-refractivity contribution in [1.82, 2.24) is 0 Å². The van der Waals surface area contributed by atoms with Gasteiger partial charge < -0.3 is 28.1 Å². The van der Waals surface area contributed by atoms with Crippen LogP contribution in [0.1, 0.15) is 72.1 Å². The highest BCUT2D eigenvalue weighted by Gasteiger charge is 2.56. The van der Waals surface area contributed by atoms with Gasteiger partial charge in [-0.15, -0.1) is 0 Å². The predicted octanol–water partition coefficient (Wildman–Crippen LogP) is 5.16. The second kappa shape index (κ2) is 17.1. The maximum atomic E-state index is 13.3. The van der Waals surface area contributed by atoms with Gasteiger partial charge in [-0.3, -0.25) is 0 Å². The molecule has 0 saturated carbocycles. The Morgan fingerprint density at radius 1 is 0.791 bits per heavy atom. The third kappa shape index (κ3) is 8.98. The van der Waals surface area contributed by atoms with E-state index in [9.17, 15) is 9.59 Å². The number of esters is 2. The van der Waals surface area contributed by atoms with Crippen molar-refractivity contribution in [3.63, 3.8) is 0 Å². The minimum absolute atomic E-state index is 0.0574. The molecule has 2 aromatic carbocycles. The zero-order valence-corrected chi connectivity index (χ0v) is 27.6. The summed E-state index contributed by atoms with van der Waals surface area (Å²) in [4.78, 5) is 26.6. The number of unbranched alkanes of at least 4 members (excludes halogenated alkanes) is 4. The van der Waals surface area contributed by atoms with Crippen LogP contribution in [0, 0.1) is 0 Å². The summed E-state index contributed by atoms with van der Waals surface area (Å²) in [6.45, 7) is 7.71. The highest BCUT2D eigenvalue weighted by Crippen LogP contribution is 2.37. The van der Waals surface area contributed by atoms with Crippen LogP contribution in [0.2, 0.25) is 5.04 Å². The first kappa shape index (κ1) is 34.9. The van der Waals surface area contributed by atoms with Crippen LogP contribution in [-0.4, -0.2) is 72.8 Å². The SMILES string of the molecule is COC(=O)C(CO[Si](c1ccccc1)(c1ccccc1)C(C)(C)C)(OCCCCCCCOC1CCCCO1)C(=O)OC. The van der Waals surface area contributed by atoms with Gasteiger partial charge in [-0.2, -0.15) is 0 Å². The first-order chi connectivity index (χ1) is 20.7. The van der Waals surface area contributed by atoms with Gasteiger partial charge in [0.25, 0.3) is 13.9 Å². The van der Waals surface area contributed by atoms with Gasteiger partial charge in [0.1, 0.15) is 0 Å². The maximum Gasteiger partial charge on any atom is 0.352 e. The molecule has 1 aliphatic heterocycles. The molecule has 9 heteroatoms. The van der Waals surface area contributed by atoms with E-state index >= 15 is 0 Å². The Morgan fingerprint density at radius 3 is 1.81 bits per heavy atom. The molecular weight excluding hydrogens is 564 g/mol. The summed E-state index contributed by atoms with van der Waals surface area (Å²) in [5.41, 5.74) is -2.05. The van der Waals surface area contributed by atoms with Crippen molar-refractivity contribution in [2.24, 2.45) is 0 Å². The van der Waals surface area contributed by atoms with Gasteiger partial charge in [0.15, 0.2) is 6.29 Å². The van der Waals surface area contributed by atoms with E-state index in [1.54, 1.807) is 0 Å². The Hall–Kier alpha value is -2.56. The third-order valence-electron chi connectivity index (χ3n) is 8.02. The van der Waals surface area contributed by atoms with Crippen LogP contribution in [0.15, 0.2) is 60.7 Å². The molecule has 1 saturated heterocycles. The highest BCUT2D eigenvalue weighted by molar-refractivity contribution is 6.99. The van der Waals surface area contributed by atoms with Crippen LogP contribution in [0.5, 0.6) is 0 Å². The lowest BCUT2D eigenvalue weighted by Gasteiger charge is -2.44. The molecule has 43 heavy (non-hydrogen) atoms. The number of rotatable bonds is 17. The molecule has 1 aliphatic rings. The summed E-state index contributed by atoms with van der Waals surface area (Å²) in [6.07, 6.45) is 7.70. The number of hydrogen-bond acceptors (Lipinski definition) is 8. The van der Waals surface area contributed by atoms with Crippen molar-refractivity contribution < 1.29 is 37.7 Å². The van der Waals surface area contributed by atoms with E-state index in [0.717, 1.165) is 61.9 Å². The lowest BCUT2D eigenvalue weighted by molar-refractivity contribution is -0.192. The number of ether oxygens (including phenoxy) is 5. The summed E-state index contributed by atoms with van der Waals surface area (Å²) in [5, 5.41) is 1.69. The second-order valence-corrected chi connectivity index (χ2v) is 16.4. The molecule has 0 N–H and O–H groups in total. The molecule has 8 nitrogen and oxygen atoms in total. The molecule has 1 heterocycles. The summed E-state index contributed by atoms with van der Waals surface area (Å²) in [5.74, 6) is -1.67. The maximum absolute atomic E-state index is 13.3. The summed E-state index contributed by atoms with van der Waals surface area (Å²) < 4.78 is 34.7. The van der Waals surface area contributed by atoms with Crippen LogP contribution in [0.3, 0.4) is 0 Å². The van der Waals surface area contributed by atoms with Crippen molar-refractivity contribution in [3.8, 4) is 0 Å². The average Bonchev–Trinajstić information content (AvgIpc) is 3.03. The summed E-state index contributed by atoms with van der Waals surface area (Å²) in [7, 11) is -0.593. The first-order valence-corrected chi connectivity index (χ1v) is 17.4. The first-order valence-electron chi connectivity index (χ1n) is 15.5. The van der Waals surface area contributed by atoms with Gasteiger partial charge in [0.05, 0.1) is 20.8 Å². The minimum atomic E-state index is -3.08. The molecule has 2 aromatic rings. The molecule has 238 valence electrons. The zero-order valence-electron chi connectivity index (χ0n) is 26.6. The van der Waals surface area contributed by atoms with Crippen molar-refractivity contribution in [2.45, 2.75) is 89.1 Å². The molecule has 0 amide bonds. The minimum Gasteiger partial charge on any atom is -0.466 e. The van der Waals surface area contributed by atoms with Gasteiger partial charge >= 0.3 is 11.9 Å². The van der Waals surface area contributed by atoms with Crippen LogP contribution >= 0.6 is 0 Å². The molecular formula is C34H50O8Si. The van der Waals surface area contributed by atoms with E-state index in [0.29, 0.717) is 13.0 Å².